The van der Waals surface area contributed by atoms with Crippen LogP contribution in [0.15, 0.2) is 50.6 Å². The van der Waals surface area contributed by atoms with Crippen molar-refractivity contribution in [3.8, 4) is 0 Å². The van der Waals surface area contributed by atoms with Gasteiger partial charge < -0.3 is 139 Å². The van der Waals surface area contributed by atoms with Crippen LogP contribution in [0, 0.1) is 33.8 Å². The number of aliphatic hydroxyl groups excluding tert-OH is 9. The second kappa shape index (κ2) is 49.4. The van der Waals surface area contributed by atoms with Crippen molar-refractivity contribution in [2.75, 3.05) is 101 Å². The zero-order chi connectivity index (χ0) is 98.0. The second-order valence-corrected chi connectivity index (χ2v) is 43.0. The number of aliphatic hydroxyl groups is 9. The van der Waals surface area contributed by atoms with Gasteiger partial charge in [0.25, 0.3) is 0 Å². The third kappa shape index (κ3) is 26.3. The average molecular weight is 1990 g/mol. The van der Waals surface area contributed by atoms with Crippen molar-refractivity contribution in [3.63, 3.8) is 0 Å². The van der Waals surface area contributed by atoms with E-state index < -0.39 is 165 Å². The number of alkyl halides is 1. The molecule has 15 heterocycles. The Morgan fingerprint density at radius 1 is 0.493 bits per heavy atom. The van der Waals surface area contributed by atoms with Gasteiger partial charge in [-0.05, 0) is 77.0 Å². The maximum atomic E-state index is 14.7. The molecule has 0 aliphatic carbocycles. The molecule has 10 aromatic rings. The minimum absolute atomic E-state index is 0.0424. The number of rotatable bonds is 34. The number of carbonyl (C=O) groups is 3. The van der Waals surface area contributed by atoms with Gasteiger partial charge in [0.05, 0.1) is 116 Å². The summed E-state index contributed by atoms with van der Waals surface area (Å²) in [5.74, 6) is 3.01. The van der Waals surface area contributed by atoms with E-state index in [4.69, 9.17) is 55.6 Å². The monoisotopic (exact) mass is 1980 g/mol. The van der Waals surface area contributed by atoms with E-state index in [0.717, 1.165) is 30.2 Å². The van der Waals surface area contributed by atoms with Crippen molar-refractivity contribution in [3.05, 3.63) is 79.5 Å². The number of hydrogen-bond acceptors (Lipinski definition) is 42. The van der Waals surface area contributed by atoms with Crippen LogP contribution in [-0.2, 0) is 91.2 Å². The molecule has 0 radical (unpaired) electrons. The van der Waals surface area contributed by atoms with E-state index in [-0.39, 0.29) is 73.8 Å². The first-order valence-corrected chi connectivity index (χ1v) is 51.2. The van der Waals surface area contributed by atoms with Crippen LogP contribution in [0.4, 0.5) is 14.6 Å². The molecule has 28 atom stereocenters. The molecule has 15 rings (SSSR count). The third-order valence-corrected chi connectivity index (χ3v) is 31.1. The summed E-state index contributed by atoms with van der Waals surface area (Å²) in [5.41, 5.74) is 39.4. The number of nitrogen functional groups attached to an aromatic ring is 1. The number of carboxylic acid groups (broad SMARTS) is 3. The Morgan fingerprint density at radius 2 is 0.858 bits per heavy atom. The Balaban J connectivity index is 0.000000172. The molecular formula is C77H117F2N28O22S5+5. The molecule has 0 amide bonds. The van der Waals surface area contributed by atoms with Crippen molar-refractivity contribution in [2.24, 2.45) is 11.5 Å². The van der Waals surface area contributed by atoms with Crippen LogP contribution >= 0.6 is 11.8 Å². The van der Waals surface area contributed by atoms with E-state index in [9.17, 15) is 79.3 Å². The van der Waals surface area contributed by atoms with E-state index in [1.807, 2.05) is 32.6 Å². The summed E-state index contributed by atoms with van der Waals surface area (Å²) >= 11 is 1.68. The van der Waals surface area contributed by atoms with Gasteiger partial charge in [-0.2, -0.15) is 35.4 Å². The van der Waals surface area contributed by atoms with Crippen molar-refractivity contribution in [2.45, 2.75) is 207 Å². The van der Waals surface area contributed by atoms with E-state index >= 15 is 0 Å². The van der Waals surface area contributed by atoms with Gasteiger partial charge in [0, 0.05) is 43.9 Å². The standard InChI is InChI=1S/C16H22FN5O5S.C16H22FN5O4S.C16H24N6O4S.C15H25N6O4S.C13H20N6O3S.CO2/c1-7-10-13(21-16(17)20-7)22(6-19-10)14-12(24)11(23)9(27-14)5-28(2)4-3-8(18)15(25)26;1-8-12-14(20-6-19-8)22(7-21-12)15-11(17)13(23)10(26-15)5-27(2)4-3-9(18)16(24)25;1-8-12-14(20-6-19-8)22(7-21-12)15-11(18)13(23)10(26-15)5-27(2)4-3-9(17)16(24)25;1-26(3-2-8(16)4-22)5-9-11(23)12(24)15(25-9)21-7-20-10-13(17)18-6-19-14(10)21;1-7-9-12(16-6-15-7)19(18-17-9)13-11(21)10(20)8(22-13)5-23-4-2-3-14;2-1-3/h6,8-9,11-12,14,23-24H,3-5,18H2,1-2H3;6-7,9-11,13,15,23H,3-5,18H2,1-2H3;6-7,9-11,13,15,23H,3-5,17-18H2,1-2H3;6-9,11-12,15,22-24H,2-5,16H2,1H3,(H2,17,18,19);6,8,10-11,13,20-21H,2-5,14H2,1H3;/q;;;+1;;/p+4/t8-,9+,11+,12+,14+,28?;2*9-,10+,11+,13+,15+,27?;8-,9+,11+,12+,15+,26?;8-,10-,11-,13-;/m00001./s1. The number of ether oxygens (including phenoxy) is 5. The summed E-state index contributed by atoms with van der Waals surface area (Å²) in [4.78, 5) is 106. The van der Waals surface area contributed by atoms with Crippen molar-refractivity contribution in [1.82, 2.24) is 103 Å². The first-order chi connectivity index (χ1) is 63.7. The summed E-state index contributed by atoms with van der Waals surface area (Å²) in [6.07, 6.45) is 4.39. The molecule has 736 valence electrons. The quantitative estimate of drug-likeness (QED) is 0.0101. The maximum Gasteiger partial charge on any atom is 0.373 e. The van der Waals surface area contributed by atoms with E-state index in [1.165, 1.54) is 58.1 Å². The number of fused-ring (bicyclic) bond motifs is 5. The van der Waals surface area contributed by atoms with Crippen LogP contribution in [0.3, 0.4) is 0 Å². The molecular weight excluding hydrogens is 1870 g/mol. The molecule has 5 fully saturated rings. The number of quaternary nitrogens is 4. The van der Waals surface area contributed by atoms with Crippen molar-refractivity contribution >= 4 is 141 Å². The van der Waals surface area contributed by atoms with Crippen LogP contribution in [0.5, 0.6) is 0 Å². The normalized spacial score (nSPS) is 27.2. The van der Waals surface area contributed by atoms with Crippen LogP contribution in [-0.4, -0.2) is 384 Å². The van der Waals surface area contributed by atoms with E-state index in [0.29, 0.717) is 139 Å². The van der Waals surface area contributed by atoms with E-state index in [1.54, 1.807) is 41.1 Å². The van der Waals surface area contributed by atoms with Gasteiger partial charge in [-0.1, -0.05) is 5.21 Å². The third-order valence-electron chi connectivity index (χ3n) is 22.7. The molecule has 4 unspecified atom stereocenters. The molecule has 27 N–H and O–H groups in total. The second-order valence-electron chi connectivity index (χ2n) is 32.6. The van der Waals surface area contributed by atoms with Crippen molar-refractivity contribution in [1.29, 1.82) is 0 Å². The van der Waals surface area contributed by atoms with Crippen LogP contribution in [0.25, 0.3) is 55.8 Å². The number of carbonyl (C=O) groups excluding carboxylic acids is 5. The molecule has 0 bridgehead atoms. The molecule has 134 heavy (non-hydrogen) atoms. The fourth-order valence-corrected chi connectivity index (χ4v) is 22.7. The highest BCUT2D eigenvalue weighted by atomic mass is 32.2. The highest BCUT2D eigenvalue weighted by Gasteiger charge is 2.52. The Morgan fingerprint density at radius 3 is 1.33 bits per heavy atom. The summed E-state index contributed by atoms with van der Waals surface area (Å²) < 4.78 is 65.4. The van der Waals surface area contributed by atoms with Crippen LogP contribution in [0.1, 0.15) is 86.0 Å². The maximum absolute atomic E-state index is 14.7. The topological polar surface area (TPSA) is 802 Å². The van der Waals surface area contributed by atoms with Crippen LogP contribution in [0.2, 0.25) is 0 Å². The molecule has 0 aromatic carbocycles. The first kappa shape index (κ1) is 107. The van der Waals surface area contributed by atoms with Gasteiger partial charge in [0.15, 0.2) is 76.9 Å². The lowest BCUT2D eigenvalue weighted by Crippen LogP contribution is -2.68. The summed E-state index contributed by atoms with van der Waals surface area (Å²) in [6, 6.07) is -3.16. The number of imidazole rings is 4. The number of nitrogens with zero attached hydrogens (tertiary/aromatic N) is 21. The number of hydrogen-bond donors (Lipinski definition) is 16. The lowest BCUT2D eigenvalue weighted by Gasteiger charge is -2.17. The van der Waals surface area contributed by atoms with Crippen molar-refractivity contribution < 1.29 is 141 Å². The molecule has 5 aliphatic rings. The molecule has 0 spiro atoms. The van der Waals surface area contributed by atoms with Gasteiger partial charge in [0.2, 0.25) is 0 Å². The number of aromatic nitrogens is 21. The Labute approximate surface area is 779 Å². The lowest BCUT2D eigenvalue weighted by molar-refractivity contribution is -0.437. The fourth-order valence-electron chi connectivity index (χ4n) is 14.8. The van der Waals surface area contributed by atoms with Crippen LogP contribution < -0.4 is 55.5 Å². The summed E-state index contributed by atoms with van der Waals surface area (Å²) in [6.45, 7) is 7.88. The molecule has 57 heteroatoms. The average Bonchev–Trinajstić information content (AvgIpc) is 1.63. The minimum Gasteiger partial charge on any atom is -0.544 e. The Bertz CT molecular complexity index is 5400. The van der Waals surface area contributed by atoms with Gasteiger partial charge >= 0.3 is 12.2 Å². The molecule has 0 saturated carbocycles. The lowest BCUT2D eigenvalue weighted by atomic mass is 10.1. The molecule has 50 nitrogen and oxygen atoms in total. The Kier molecular flexibility index (Phi) is 39.5. The first-order valence-electron chi connectivity index (χ1n) is 42.2. The number of halogens is 2. The smallest absolute Gasteiger partial charge is 0.373 e. The van der Waals surface area contributed by atoms with Gasteiger partial charge in [0.1, 0.15) is 185 Å². The molecule has 5 aliphatic heterocycles. The number of thioether (sulfide) groups is 1. The Hall–Kier alpha value is -8.92. The number of aryl methyl sites for hydroxylation is 4. The summed E-state index contributed by atoms with van der Waals surface area (Å²) in [5, 5.41) is 132. The summed E-state index contributed by atoms with van der Waals surface area (Å²) in [7, 11) is -0.740. The number of anilines is 1. The zero-order valence-corrected chi connectivity index (χ0v) is 78.7. The highest BCUT2D eigenvalue weighted by molar-refractivity contribution is 7.99. The zero-order valence-electron chi connectivity index (χ0n) is 74.6. The van der Waals surface area contributed by atoms with Gasteiger partial charge in [-0.25, -0.2) is 69.2 Å². The molecule has 5 saturated heterocycles. The minimum atomic E-state index is -1.62. The van der Waals surface area contributed by atoms with E-state index in [2.05, 4.69) is 109 Å². The predicted octanol–water partition coefficient (Wildman–Crippen LogP) is -12.7. The van der Waals surface area contributed by atoms with Gasteiger partial charge in [-0.15, -0.1) is 5.10 Å². The highest BCUT2D eigenvalue weighted by Crippen LogP contribution is 2.39. The molecule has 10 aromatic heterocycles. The largest absolute Gasteiger partial charge is 0.544 e. The fraction of sp³-hybridized carbons (Fsp3) is 0.636. The predicted molar refractivity (Wildman–Crippen MR) is 474 cm³/mol. The SMILES string of the molecule is C[S+](CC[C@H](N)CO)C[C@H]1O[C@@H](n2cnc3c(N)ncnc32)[C@H](O)[C@@H]1O.Cc1nc(F)nc2c1ncn2[C@@H]1O[C@H](C[S+](C)CC[C@H]([NH3+])C(=O)[O-])[C@@H](O)[C@H]1O.Cc1ncnc2c1ncn2[C@@H]1O[C@H](C[S+](C)CC[C@H]([NH3+])C(=O)[O-])[C@@H](O)[C@H]1F.Cc1ncnc2c1ncn2[C@@H]1O[C@H](C[S+](C)CC[C@H]([NH3+])C(=O)[O-])[C@@H](O)[C@H]1N.Cc1ncnc2c1nnn2[C@@H]1O[C@H](CSCCC[NH3+])[C@@H](O)[C@H]1O.O=C=O. The van der Waals surface area contributed by atoms with Gasteiger partial charge in [-0.3, -0.25) is 18.3 Å². The number of aliphatic carboxylic acids is 3. The number of nitrogens with two attached hydrogens (primary N) is 3. The number of carboxylic acids is 3.